The minimum Gasteiger partial charge on any atom is -0.495 e. The van der Waals surface area contributed by atoms with Crippen molar-refractivity contribution in [1.29, 1.82) is 0 Å². The predicted molar refractivity (Wildman–Crippen MR) is 252 cm³/mol. The molecule has 1 aliphatic carbocycles. The second-order valence-corrected chi connectivity index (χ2v) is 18.2. The van der Waals surface area contributed by atoms with Gasteiger partial charge in [0.25, 0.3) is 11.8 Å². The number of halogens is 1. The van der Waals surface area contributed by atoms with Gasteiger partial charge in [0.05, 0.1) is 29.4 Å². The fourth-order valence-corrected chi connectivity index (χ4v) is 9.71. The van der Waals surface area contributed by atoms with Crippen molar-refractivity contribution in [2.24, 2.45) is 11.3 Å². The number of benzene rings is 4. The van der Waals surface area contributed by atoms with Crippen LogP contribution in [0, 0.1) is 17.2 Å². The van der Waals surface area contributed by atoms with Gasteiger partial charge in [-0.05, 0) is 123 Å². The fourth-order valence-electron chi connectivity index (χ4n) is 9.71. The van der Waals surface area contributed by atoms with Gasteiger partial charge < -0.3 is 34.8 Å². The lowest BCUT2D eigenvalue weighted by atomic mass is 9.92. The summed E-state index contributed by atoms with van der Waals surface area (Å²) in [6, 6.07) is 22.0. The highest BCUT2D eigenvalue weighted by atomic mass is 19.1. The number of ether oxygens (including phenoxy) is 2. The van der Waals surface area contributed by atoms with E-state index in [1.54, 1.807) is 61.8 Å². The minimum atomic E-state index is -1.19. The van der Waals surface area contributed by atoms with Gasteiger partial charge in [0, 0.05) is 80.8 Å². The zero-order valence-electron chi connectivity index (χ0n) is 37.8. The molecule has 4 aromatic carbocycles. The van der Waals surface area contributed by atoms with Crippen LogP contribution >= 0.6 is 0 Å². The number of hydrogen-bond acceptors (Lipinski definition) is 12. The highest BCUT2D eigenvalue weighted by molar-refractivity contribution is 6.24. The van der Waals surface area contributed by atoms with Crippen molar-refractivity contribution in [3.05, 3.63) is 108 Å². The Bertz CT molecular complexity index is 2910. The molecule has 4 fully saturated rings. The summed E-state index contributed by atoms with van der Waals surface area (Å²) in [6.45, 7) is 3.61. The number of hydrogen-bond donors (Lipinski definition) is 3. The third-order valence-electron chi connectivity index (χ3n) is 13.9. The Morgan fingerprint density at radius 1 is 0.754 bits per heavy atom. The zero-order valence-corrected chi connectivity index (χ0v) is 37.8. The molecule has 4 aliphatic heterocycles. The first-order valence-corrected chi connectivity index (χ1v) is 23.1. The normalized spacial score (nSPS) is 19.0. The van der Waals surface area contributed by atoms with Gasteiger partial charge in [-0.2, -0.15) is 0 Å². The molecule has 7 amide bonds. The van der Waals surface area contributed by atoms with Gasteiger partial charge in [0.2, 0.25) is 29.5 Å². The number of nitrogens with zero attached hydrogens (tertiary/aromatic N) is 5. The number of aromatic nitrogens is 1. The number of amides is 7. The molecule has 69 heavy (non-hydrogen) atoms. The number of methoxy groups -OCH3 is 1. The topological polar surface area (TPSA) is 200 Å². The van der Waals surface area contributed by atoms with E-state index in [4.69, 9.17) is 9.47 Å². The van der Waals surface area contributed by atoms with Gasteiger partial charge in [0.1, 0.15) is 34.5 Å². The maximum absolute atomic E-state index is 13.6. The van der Waals surface area contributed by atoms with Crippen molar-refractivity contribution in [1.82, 2.24) is 20.1 Å². The molecule has 0 bridgehead atoms. The number of piperazine rings is 1. The van der Waals surface area contributed by atoms with Crippen molar-refractivity contribution in [3.8, 4) is 17.2 Å². The van der Waals surface area contributed by atoms with Crippen LogP contribution in [0.5, 0.6) is 17.2 Å². The number of anilines is 4. The van der Waals surface area contributed by atoms with Gasteiger partial charge in [-0.1, -0.05) is 0 Å². The summed E-state index contributed by atoms with van der Waals surface area (Å²) in [7, 11) is 1.63. The molecule has 0 spiro atoms. The molecule has 1 unspecified atom stereocenters. The Labute approximate surface area is 395 Å². The fraction of sp³-hybridized carbons (Fsp3) is 0.333. The van der Waals surface area contributed by atoms with Crippen molar-refractivity contribution >= 4 is 75.0 Å². The third kappa shape index (κ3) is 8.89. The first kappa shape index (κ1) is 44.9. The second kappa shape index (κ2) is 18.3. The standard InChI is InChI=1S/C51H49FN8O9/c1-68-43-28-38-39(53-19-14-42(38)69-35-9-6-33(7-10-35)55-50(67)51(17-18-51)49(66)54-32-4-2-31(52)3-5-32)29-41(43)58-20-15-30(16-21-58)26-45(62)59-24-22-57(23-25-59)34-8-11-36-37(27-34)48(65)60(47(36)64)40-12-13-44(61)56-46(40)63/h2-11,14,19,27-30,40H,12-13,15-18,20-26H2,1H3,(H,54,66)(H,55,67)(H,56,61,63). The van der Waals surface area contributed by atoms with Crippen molar-refractivity contribution in [2.45, 2.75) is 51.0 Å². The molecular weight excluding hydrogens is 888 g/mol. The van der Waals surface area contributed by atoms with E-state index in [9.17, 15) is 38.0 Å². The average Bonchev–Trinajstić information content (AvgIpc) is 4.14. The minimum absolute atomic E-state index is 0.0536. The van der Waals surface area contributed by atoms with E-state index in [2.05, 4.69) is 30.7 Å². The van der Waals surface area contributed by atoms with Crippen LogP contribution in [0.25, 0.3) is 10.9 Å². The van der Waals surface area contributed by atoms with Crippen LogP contribution in [0.3, 0.4) is 0 Å². The van der Waals surface area contributed by atoms with Gasteiger partial charge >= 0.3 is 0 Å². The molecular formula is C51H49FN8O9. The number of fused-ring (bicyclic) bond motifs is 2. The molecule has 3 N–H and O–H groups in total. The summed E-state index contributed by atoms with van der Waals surface area (Å²) in [5, 5.41) is 8.53. The van der Waals surface area contributed by atoms with E-state index in [0.717, 1.165) is 47.6 Å². The molecule has 10 rings (SSSR count). The molecule has 18 heteroatoms. The summed E-state index contributed by atoms with van der Waals surface area (Å²) < 4.78 is 25.5. The number of carbonyl (C=O) groups is 7. The lowest BCUT2D eigenvalue weighted by molar-refractivity contribution is -0.136. The molecule has 1 atom stereocenters. The first-order valence-electron chi connectivity index (χ1n) is 23.1. The molecule has 1 saturated carbocycles. The Morgan fingerprint density at radius 3 is 2.07 bits per heavy atom. The van der Waals surface area contributed by atoms with Crippen LogP contribution in [-0.4, -0.2) is 109 Å². The van der Waals surface area contributed by atoms with Crippen LogP contribution in [0.1, 0.15) is 65.7 Å². The molecule has 5 aliphatic rings. The first-order chi connectivity index (χ1) is 33.4. The van der Waals surface area contributed by atoms with Gasteiger partial charge in [0.15, 0.2) is 0 Å². The van der Waals surface area contributed by atoms with E-state index < -0.39 is 52.7 Å². The van der Waals surface area contributed by atoms with Crippen LogP contribution in [-0.2, 0) is 24.0 Å². The molecule has 5 aromatic rings. The van der Waals surface area contributed by atoms with Gasteiger partial charge in [-0.15, -0.1) is 0 Å². The number of imide groups is 2. The maximum atomic E-state index is 13.6. The smallest absolute Gasteiger partial charge is 0.262 e. The Kier molecular flexibility index (Phi) is 11.9. The maximum Gasteiger partial charge on any atom is 0.262 e. The highest BCUT2D eigenvalue weighted by Gasteiger charge is 2.56. The van der Waals surface area contributed by atoms with Crippen LogP contribution < -0.4 is 35.2 Å². The lowest BCUT2D eigenvalue weighted by Gasteiger charge is -2.38. The van der Waals surface area contributed by atoms with Crippen molar-refractivity contribution in [3.63, 3.8) is 0 Å². The number of pyridine rings is 1. The summed E-state index contributed by atoms with van der Waals surface area (Å²) in [5.74, 6) is -1.36. The molecule has 5 heterocycles. The quantitative estimate of drug-likeness (QED) is 0.0992. The number of nitrogens with one attached hydrogen (secondary N) is 3. The Morgan fingerprint density at radius 2 is 1.42 bits per heavy atom. The highest BCUT2D eigenvalue weighted by Crippen LogP contribution is 2.48. The largest absolute Gasteiger partial charge is 0.495 e. The van der Waals surface area contributed by atoms with E-state index >= 15 is 0 Å². The monoisotopic (exact) mass is 936 g/mol. The molecule has 0 radical (unpaired) electrons. The summed E-state index contributed by atoms with van der Waals surface area (Å²) in [5.41, 5.74) is 2.56. The molecule has 3 saturated heterocycles. The van der Waals surface area contributed by atoms with E-state index in [1.165, 1.54) is 24.3 Å². The van der Waals surface area contributed by atoms with Gasteiger partial charge in [-0.25, -0.2) is 4.39 Å². The zero-order chi connectivity index (χ0) is 48.0. The number of piperidine rings is 2. The van der Waals surface area contributed by atoms with E-state index in [-0.39, 0.29) is 35.8 Å². The summed E-state index contributed by atoms with van der Waals surface area (Å²) in [4.78, 5) is 102. The van der Waals surface area contributed by atoms with Crippen molar-refractivity contribution in [2.75, 3.05) is 66.8 Å². The van der Waals surface area contributed by atoms with Crippen LogP contribution in [0.2, 0.25) is 0 Å². The Balaban J connectivity index is 0.710. The molecule has 17 nitrogen and oxygen atoms in total. The average molecular weight is 937 g/mol. The van der Waals surface area contributed by atoms with E-state index in [0.29, 0.717) is 79.6 Å². The van der Waals surface area contributed by atoms with Crippen LogP contribution in [0.15, 0.2) is 91.1 Å². The lowest BCUT2D eigenvalue weighted by Crippen LogP contribution is -2.54. The molecule has 1 aromatic heterocycles. The second-order valence-electron chi connectivity index (χ2n) is 18.2. The number of carbonyl (C=O) groups excluding carboxylic acids is 7. The van der Waals surface area contributed by atoms with Gasteiger partial charge in [-0.3, -0.25) is 48.8 Å². The SMILES string of the molecule is COc1cc2c(Oc3ccc(NC(=O)C4(C(=O)Nc5ccc(F)cc5)CC4)cc3)ccnc2cc1N1CCC(CC(=O)N2CCN(c3ccc4c(c3)C(=O)N(C3CCC(=O)NC3=O)C4=O)CC2)CC1. The summed E-state index contributed by atoms with van der Waals surface area (Å²) in [6.07, 6.45) is 4.73. The number of rotatable bonds is 12. The summed E-state index contributed by atoms with van der Waals surface area (Å²) >= 11 is 0. The van der Waals surface area contributed by atoms with Crippen molar-refractivity contribution < 1.29 is 47.4 Å². The van der Waals surface area contributed by atoms with Crippen LogP contribution in [0.4, 0.5) is 27.1 Å². The predicted octanol–water partition coefficient (Wildman–Crippen LogP) is 5.89. The van der Waals surface area contributed by atoms with E-state index in [1.807, 2.05) is 17.0 Å². The Hall–Kier alpha value is -7.89. The third-order valence-corrected chi connectivity index (χ3v) is 13.9. The molecule has 354 valence electrons.